The van der Waals surface area contributed by atoms with E-state index < -0.39 is 5.97 Å². The van der Waals surface area contributed by atoms with E-state index in [0.29, 0.717) is 16.1 Å². The fourth-order valence-corrected chi connectivity index (χ4v) is 1.76. The molecule has 1 amide bonds. The minimum atomic E-state index is -0.452. The molecule has 17 heavy (non-hydrogen) atoms. The lowest BCUT2D eigenvalue weighted by atomic mass is 10.2. The van der Waals surface area contributed by atoms with Gasteiger partial charge in [0.25, 0.3) is 5.24 Å². The molecule has 1 aromatic carbocycles. The van der Waals surface area contributed by atoms with Crippen LogP contribution in [0.4, 0.5) is 10.5 Å². The molecular weight excluding hydrogens is 240 g/mol. The van der Waals surface area contributed by atoms with Gasteiger partial charge >= 0.3 is 5.97 Å². The average Bonchev–Trinajstić information content (AvgIpc) is 2.30. The number of nitrogens with two attached hydrogens (primary N) is 1. The third kappa shape index (κ3) is 3.39. The Hall–Kier alpha value is -1.69. The van der Waals surface area contributed by atoms with Crippen LogP contribution in [-0.2, 0) is 4.74 Å². The summed E-state index contributed by atoms with van der Waals surface area (Å²) in [5.41, 5.74) is 6.51. The molecule has 0 saturated heterocycles. The lowest BCUT2D eigenvalue weighted by Crippen LogP contribution is -2.16. The van der Waals surface area contributed by atoms with Crippen LogP contribution in [0.25, 0.3) is 0 Å². The van der Waals surface area contributed by atoms with Gasteiger partial charge in [0.2, 0.25) is 0 Å². The Morgan fingerprint density at radius 3 is 2.47 bits per heavy atom. The first kappa shape index (κ1) is 13.4. The fraction of sp³-hybridized carbons (Fsp3) is 0.273. The monoisotopic (exact) mass is 254 g/mol. The summed E-state index contributed by atoms with van der Waals surface area (Å²) in [6.45, 7) is 0. The number of rotatable bonds is 2. The maximum atomic E-state index is 11.5. The summed E-state index contributed by atoms with van der Waals surface area (Å²) >= 11 is 1.02. The van der Waals surface area contributed by atoms with Crippen LogP contribution in [0.5, 0.6) is 0 Å². The minimum Gasteiger partial charge on any atom is -0.465 e. The van der Waals surface area contributed by atoms with E-state index in [4.69, 9.17) is 5.73 Å². The fourth-order valence-electron chi connectivity index (χ4n) is 1.07. The highest BCUT2D eigenvalue weighted by Gasteiger charge is 2.12. The number of hydrogen-bond acceptors (Lipinski definition) is 5. The number of hydrogen-bond donors (Lipinski definition) is 1. The number of methoxy groups -OCH3 is 1. The van der Waals surface area contributed by atoms with Gasteiger partial charge in [-0.1, -0.05) is 0 Å². The van der Waals surface area contributed by atoms with E-state index in [1.54, 1.807) is 26.2 Å². The van der Waals surface area contributed by atoms with Crippen molar-refractivity contribution in [2.24, 2.45) is 0 Å². The van der Waals surface area contributed by atoms with Crippen molar-refractivity contribution in [1.29, 1.82) is 0 Å². The molecule has 6 heteroatoms. The molecule has 0 aliphatic rings. The number of nitrogens with zero attached hydrogens (tertiary/aromatic N) is 1. The van der Waals surface area contributed by atoms with Crippen molar-refractivity contribution in [2.75, 3.05) is 26.9 Å². The highest BCUT2D eigenvalue weighted by Crippen LogP contribution is 2.27. The van der Waals surface area contributed by atoms with Crippen molar-refractivity contribution in [3.05, 3.63) is 23.8 Å². The van der Waals surface area contributed by atoms with Crippen LogP contribution in [0.2, 0.25) is 0 Å². The SMILES string of the molecule is COC(=O)c1ccc(SC(=O)N(C)C)c(N)c1. The Kier molecular flexibility index (Phi) is 4.39. The van der Waals surface area contributed by atoms with Crippen molar-refractivity contribution >= 4 is 28.7 Å². The molecule has 0 radical (unpaired) electrons. The molecule has 0 spiro atoms. The molecule has 0 saturated carbocycles. The smallest absolute Gasteiger partial charge is 0.337 e. The van der Waals surface area contributed by atoms with Crippen LogP contribution < -0.4 is 5.73 Å². The molecule has 1 rings (SSSR count). The van der Waals surface area contributed by atoms with Gasteiger partial charge < -0.3 is 15.4 Å². The van der Waals surface area contributed by atoms with Crippen LogP contribution in [-0.4, -0.2) is 37.3 Å². The van der Waals surface area contributed by atoms with E-state index in [1.165, 1.54) is 18.1 Å². The molecule has 0 fully saturated rings. The Morgan fingerprint density at radius 1 is 1.35 bits per heavy atom. The van der Waals surface area contributed by atoms with E-state index in [9.17, 15) is 9.59 Å². The largest absolute Gasteiger partial charge is 0.465 e. The molecule has 0 heterocycles. The zero-order valence-electron chi connectivity index (χ0n) is 9.89. The molecule has 0 bridgehead atoms. The highest BCUT2D eigenvalue weighted by atomic mass is 32.2. The number of carbonyl (C=O) groups excluding carboxylic acids is 2. The summed E-state index contributed by atoms with van der Waals surface area (Å²) in [6, 6.07) is 4.71. The van der Waals surface area contributed by atoms with Crippen molar-refractivity contribution in [3.63, 3.8) is 0 Å². The van der Waals surface area contributed by atoms with Gasteiger partial charge in [-0.25, -0.2) is 4.79 Å². The van der Waals surface area contributed by atoms with Crippen molar-refractivity contribution in [3.8, 4) is 0 Å². The van der Waals surface area contributed by atoms with Gasteiger partial charge in [0.05, 0.1) is 12.7 Å². The second-order valence-electron chi connectivity index (χ2n) is 3.51. The average molecular weight is 254 g/mol. The molecule has 0 unspecified atom stereocenters. The number of thioether (sulfide) groups is 1. The third-order valence-electron chi connectivity index (χ3n) is 1.99. The first-order chi connectivity index (χ1) is 7.95. The number of esters is 1. The maximum absolute atomic E-state index is 11.5. The summed E-state index contributed by atoms with van der Waals surface area (Å²) in [5, 5.41) is -0.123. The second-order valence-corrected chi connectivity index (χ2v) is 4.50. The van der Waals surface area contributed by atoms with Gasteiger partial charge in [0.15, 0.2) is 0 Å². The van der Waals surface area contributed by atoms with E-state index in [1.807, 2.05) is 0 Å². The normalized spacial score (nSPS) is 9.82. The standard InChI is InChI=1S/C11H14N2O3S/c1-13(2)11(15)17-9-5-4-7(6-8(9)12)10(14)16-3/h4-6H,12H2,1-3H3. The quantitative estimate of drug-likeness (QED) is 0.495. The van der Waals surface area contributed by atoms with Crippen LogP contribution in [0, 0.1) is 0 Å². The predicted molar refractivity (Wildman–Crippen MR) is 67.1 cm³/mol. The maximum Gasteiger partial charge on any atom is 0.337 e. The number of nitrogen functional groups attached to an aromatic ring is 1. The van der Waals surface area contributed by atoms with Gasteiger partial charge in [0.1, 0.15) is 0 Å². The molecule has 92 valence electrons. The lowest BCUT2D eigenvalue weighted by molar-refractivity contribution is 0.0600. The lowest BCUT2D eigenvalue weighted by Gasteiger charge is -2.11. The highest BCUT2D eigenvalue weighted by molar-refractivity contribution is 8.13. The number of anilines is 1. The van der Waals surface area contributed by atoms with E-state index in [-0.39, 0.29) is 5.24 Å². The summed E-state index contributed by atoms with van der Waals surface area (Å²) in [7, 11) is 4.62. The summed E-state index contributed by atoms with van der Waals surface area (Å²) in [6.07, 6.45) is 0. The number of carbonyl (C=O) groups is 2. The van der Waals surface area contributed by atoms with Gasteiger partial charge in [-0.3, -0.25) is 4.79 Å². The molecule has 1 aromatic rings. The second kappa shape index (κ2) is 5.58. The number of benzene rings is 1. The van der Waals surface area contributed by atoms with Crippen LogP contribution >= 0.6 is 11.8 Å². The first-order valence-corrected chi connectivity index (χ1v) is 5.64. The molecular formula is C11H14N2O3S. The summed E-state index contributed by atoms with van der Waals surface area (Å²) in [4.78, 5) is 24.8. The number of ether oxygens (including phenoxy) is 1. The number of amides is 1. The summed E-state index contributed by atoms with van der Waals surface area (Å²) in [5.74, 6) is -0.452. The van der Waals surface area contributed by atoms with Crippen LogP contribution in [0.3, 0.4) is 0 Å². The Bertz CT molecular complexity index is 446. The van der Waals surface area contributed by atoms with Crippen molar-refractivity contribution < 1.29 is 14.3 Å². The molecule has 0 aliphatic heterocycles. The van der Waals surface area contributed by atoms with Gasteiger partial charge in [-0.2, -0.15) is 0 Å². The zero-order chi connectivity index (χ0) is 13.0. The molecule has 0 aromatic heterocycles. The zero-order valence-corrected chi connectivity index (χ0v) is 10.7. The topological polar surface area (TPSA) is 72.6 Å². The predicted octanol–water partition coefficient (Wildman–Crippen LogP) is 1.83. The van der Waals surface area contributed by atoms with Crippen molar-refractivity contribution in [1.82, 2.24) is 4.90 Å². The van der Waals surface area contributed by atoms with Crippen molar-refractivity contribution in [2.45, 2.75) is 4.90 Å². The van der Waals surface area contributed by atoms with Gasteiger partial charge in [-0.05, 0) is 30.0 Å². The van der Waals surface area contributed by atoms with E-state index in [2.05, 4.69) is 4.74 Å². The Labute approximate surface area is 104 Å². The van der Waals surface area contributed by atoms with Gasteiger partial charge in [-0.15, -0.1) is 0 Å². The first-order valence-electron chi connectivity index (χ1n) is 4.82. The van der Waals surface area contributed by atoms with Crippen LogP contribution in [0.1, 0.15) is 10.4 Å². The van der Waals surface area contributed by atoms with Crippen LogP contribution in [0.15, 0.2) is 23.1 Å². The van der Waals surface area contributed by atoms with E-state index in [0.717, 1.165) is 11.8 Å². The summed E-state index contributed by atoms with van der Waals surface area (Å²) < 4.78 is 4.57. The molecule has 2 N–H and O–H groups in total. The molecule has 5 nitrogen and oxygen atoms in total. The third-order valence-corrected chi connectivity index (χ3v) is 3.12. The molecule has 0 atom stereocenters. The molecule has 0 aliphatic carbocycles. The minimum absolute atomic E-state index is 0.123. The Morgan fingerprint density at radius 2 is 2.00 bits per heavy atom. The Balaban J connectivity index is 2.90. The van der Waals surface area contributed by atoms with E-state index >= 15 is 0 Å². The van der Waals surface area contributed by atoms with Gasteiger partial charge in [0, 0.05) is 24.7 Å².